The summed E-state index contributed by atoms with van der Waals surface area (Å²) >= 11 is 0. The molecule has 2 rings (SSSR count). The second kappa shape index (κ2) is 4.66. The van der Waals surface area contributed by atoms with Crippen LogP contribution in [0.5, 0.6) is 0 Å². The smallest absolute Gasteiger partial charge is 0.258 e. The molecule has 0 spiro atoms. The van der Waals surface area contributed by atoms with Crippen LogP contribution in [0.15, 0.2) is 24.3 Å². The van der Waals surface area contributed by atoms with Crippen LogP contribution in [0.4, 0.5) is 10.1 Å². The maximum atomic E-state index is 13.8. The number of benzene rings is 1. The molecule has 0 bridgehead atoms. The number of nitrogens with zero attached hydrogens (tertiary/aromatic N) is 1. The van der Waals surface area contributed by atoms with Crippen LogP contribution in [0, 0.1) is 5.82 Å². The Hall–Kier alpha value is -1.46. The molecule has 0 saturated carbocycles. The standard InChI is InChI=1S/C13H17FN2O2/c1-13(2)12(17)16(8-9(7-15)18-13)11-6-4-3-5-10(11)14/h3-6,9H,7-8,15H2,1-2H3. The molecule has 1 aliphatic rings. The van der Waals surface area contributed by atoms with Gasteiger partial charge in [-0.3, -0.25) is 4.79 Å². The SMILES string of the molecule is CC1(C)OC(CN)CN(c2ccccc2F)C1=O. The summed E-state index contributed by atoms with van der Waals surface area (Å²) < 4.78 is 19.4. The average Bonchev–Trinajstić information content (AvgIpc) is 2.33. The second-order valence-electron chi connectivity index (χ2n) is 4.85. The lowest BCUT2D eigenvalue weighted by Gasteiger charge is -2.41. The van der Waals surface area contributed by atoms with Crippen LogP contribution in [-0.4, -0.2) is 30.7 Å². The van der Waals surface area contributed by atoms with Gasteiger partial charge >= 0.3 is 0 Å². The van der Waals surface area contributed by atoms with Crippen molar-refractivity contribution in [2.45, 2.75) is 25.6 Å². The molecule has 1 amide bonds. The number of carbonyl (C=O) groups is 1. The summed E-state index contributed by atoms with van der Waals surface area (Å²) in [5.74, 6) is -0.670. The topological polar surface area (TPSA) is 55.6 Å². The van der Waals surface area contributed by atoms with E-state index in [2.05, 4.69) is 0 Å². The predicted octanol–water partition coefficient (Wildman–Crippen LogP) is 1.29. The Labute approximate surface area is 106 Å². The van der Waals surface area contributed by atoms with Gasteiger partial charge in [-0.05, 0) is 26.0 Å². The van der Waals surface area contributed by atoms with Crippen molar-refractivity contribution in [1.82, 2.24) is 0 Å². The minimum absolute atomic E-state index is 0.252. The van der Waals surface area contributed by atoms with Crippen molar-refractivity contribution in [3.8, 4) is 0 Å². The average molecular weight is 252 g/mol. The molecule has 1 aromatic rings. The number of para-hydroxylation sites is 1. The van der Waals surface area contributed by atoms with E-state index >= 15 is 0 Å². The number of hydrogen-bond acceptors (Lipinski definition) is 3. The first-order valence-electron chi connectivity index (χ1n) is 5.90. The molecule has 0 aromatic heterocycles. The minimum atomic E-state index is -0.982. The lowest BCUT2D eigenvalue weighted by atomic mass is 10.0. The number of carbonyl (C=O) groups excluding carboxylic acids is 1. The third-order valence-electron chi connectivity index (χ3n) is 3.01. The van der Waals surface area contributed by atoms with Crippen LogP contribution in [0.1, 0.15) is 13.8 Å². The van der Waals surface area contributed by atoms with Gasteiger partial charge in [0.2, 0.25) is 0 Å². The number of ether oxygens (including phenoxy) is 1. The van der Waals surface area contributed by atoms with Crippen molar-refractivity contribution < 1.29 is 13.9 Å². The van der Waals surface area contributed by atoms with E-state index in [1.807, 2.05) is 0 Å². The van der Waals surface area contributed by atoms with E-state index in [-0.39, 0.29) is 24.2 Å². The summed E-state index contributed by atoms with van der Waals surface area (Å²) in [5.41, 5.74) is 4.89. The fraction of sp³-hybridized carbons (Fsp3) is 0.462. The number of halogens is 1. The van der Waals surface area contributed by atoms with E-state index in [1.54, 1.807) is 32.0 Å². The highest BCUT2D eigenvalue weighted by Crippen LogP contribution is 2.28. The Kier molecular flexibility index (Phi) is 3.36. The quantitative estimate of drug-likeness (QED) is 0.863. The van der Waals surface area contributed by atoms with Crippen molar-refractivity contribution in [3.63, 3.8) is 0 Å². The van der Waals surface area contributed by atoms with Crippen molar-refractivity contribution >= 4 is 11.6 Å². The highest BCUT2D eigenvalue weighted by atomic mass is 19.1. The summed E-state index contributed by atoms with van der Waals surface area (Å²) in [6.45, 7) is 3.91. The molecular formula is C13H17FN2O2. The molecule has 1 heterocycles. The lowest BCUT2D eigenvalue weighted by molar-refractivity contribution is -0.153. The van der Waals surface area contributed by atoms with Gasteiger partial charge < -0.3 is 15.4 Å². The summed E-state index contributed by atoms with van der Waals surface area (Å²) in [7, 11) is 0. The van der Waals surface area contributed by atoms with Gasteiger partial charge in [0.05, 0.1) is 18.3 Å². The Morgan fingerprint density at radius 1 is 1.50 bits per heavy atom. The Morgan fingerprint density at radius 2 is 2.17 bits per heavy atom. The number of rotatable bonds is 2. The van der Waals surface area contributed by atoms with Gasteiger partial charge in [-0.15, -0.1) is 0 Å². The molecule has 1 atom stereocenters. The fourth-order valence-electron chi connectivity index (χ4n) is 2.12. The zero-order chi connectivity index (χ0) is 13.3. The van der Waals surface area contributed by atoms with Gasteiger partial charge in [0.25, 0.3) is 5.91 Å². The zero-order valence-electron chi connectivity index (χ0n) is 10.5. The zero-order valence-corrected chi connectivity index (χ0v) is 10.5. The Balaban J connectivity index is 2.37. The molecule has 1 aromatic carbocycles. The van der Waals surface area contributed by atoms with E-state index < -0.39 is 11.4 Å². The molecule has 5 heteroatoms. The maximum absolute atomic E-state index is 13.8. The molecule has 1 fully saturated rings. The summed E-state index contributed by atoms with van der Waals surface area (Å²) in [4.78, 5) is 13.7. The van der Waals surface area contributed by atoms with E-state index in [9.17, 15) is 9.18 Å². The molecule has 98 valence electrons. The minimum Gasteiger partial charge on any atom is -0.359 e. The number of anilines is 1. The van der Waals surface area contributed by atoms with Gasteiger partial charge in [-0.25, -0.2) is 4.39 Å². The van der Waals surface area contributed by atoms with Crippen LogP contribution in [0.3, 0.4) is 0 Å². The third-order valence-corrected chi connectivity index (χ3v) is 3.01. The predicted molar refractivity (Wildman–Crippen MR) is 66.8 cm³/mol. The van der Waals surface area contributed by atoms with E-state index in [0.29, 0.717) is 6.54 Å². The lowest BCUT2D eigenvalue weighted by Crippen LogP contribution is -2.59. The number of hydrogen-bond donors (Lipinski definition) is 1. The van der Waals surface area contributed by atoms with Crippen LogP contribution < -0.4 is 10.6 Å². The number of nitrogens with two attached hydrogens (primary N) is 1. The molecule has 1 saturated heterocycles. The van der Waals surface area contributed by atoms with E-state index in [1.165, 1.54) is 11.0 Å². The summed E-state index contributed by atoms with van der Waals surface area (Å²) in [6.07, 6.45) is -0.280. The molecule has 0 aliphatic carbocycles. The fourth-order valence-corrected chi connectivity index (χ4v) is 2.12. The van der Waals surface area contributed by atoms with Crippen LogP contribution in [0.25, 0.3) is 0 Å². The Bertz CT molecular complexity index is 462. The van der Waals surface area contributed by atoms with Crippen LogP contribution >= 0.6 is 0 Å². The second-order valence-corrected chi connectivity index (χ2v) is 4.85. The summed E-state index contributed by atoms with van der Waals surface area (Å²) in [6, 6.07) is 6.21. The maximum Gasteiger partial charge on any atom is 0.258 e. The first-order chi connectivity index (χ1) is 8.45. The highest BCUT2D eigenvalue weighted by Gasteiger charge is 2.42. The largest absolute Gasteiger partial charge is 0.359 e. The monoisotopic (exact) mass is 252 g/mol. The highest BCUT2D eigenvalue weighted by molar-refractivity contribution is 5.99. The van der Waals surface area contributed by atoms with E-state index in [4.69, 9.17) is 10.5 Å². The molecule has 1 aliphatic heterocycles. The van der Waals surface area contributed by atoms with E-state index in [0.717, 1.165) is 0 Å². The van der Waals surface area contributed by atoms with Crippen LogP contribution in [-0.2, 0) is 9.53 Å². The van der Waals surface area contributed by atoms with Crippen molar-refractivity contribution in [2.24, 2.45) is 5.73 Å². The van der Waals surface area contributed by atoms with Gasteiger partial charge in [-0.1, -0.05) is 12.1 Å². The molecule has 0 radical (unpaired) electrons. The molecule has 2 N–H and O–H groups in total. The van der Waals surface area contributed by atoms with Crippen molar-refractivity contribution in [1.29, 1.82) is 0 Å². The molecule has 18 heavy (non-hydrogen) atoms. The third kappa shape index (κ3) is 2.23. The van der Waals surface area contributed by atoms with Crippen LogP contribution in [0.2, 0.25) is 0 Å². The first kappa shape index (κ1) is 13.0. The molecule has 4 nitrogen and oxygen atoms in total. The van der Waals surface area contributed by atoms with Crippen molar-refractivity contribution in [2.75, 3.05) is 18.0 Å². The van der Waals surface area contributed by atoms with Crippen molar-refractivity contribution in [3.05, 3.63) is 30.1 Å². The van der Waals surface area contributed by atoms with Gasteiger partial charge in [-0.2, -0.15) is 0 Å². The van der Waals surface area contributed by atoms with Gasteiger partial charge in [0.15, 0.2) is 0 Å². The molecular weight excluding hydrogens is 235 g/mol. The number of morpholine rings is 1. The normalized spacial score (nSPS) is 23.2. The summed E-state index contributed by atoms with van der Waals surface area (Å²) in [5, 5.41) is 0. The molecule has 1 unspecified atom stereocenters. The van der Waals surface area contributed by atoms with Gasteiger partial charge in [0.1, 0.15) is 11.4 Å². The first-order valence-corrected chi connectivity index (χ1v) is 5.90. The number of amides is 1. The Morgan fingerprint density at radius 3 is 2.78 bits per heavy atom. The van der Waals surface area contributed by atoms with Gasteiger partial charge in [0, 0.05) is 6.54 Å².